The molecule has 2 aromatic heterocycles. The molecule has 0 radical (unpaired) electrons. The molecule has 0 atom stereocenters. The summed E-state index contributed by atoms with van der Waals surface area (Å²) in [4.78, 5) is 4.25. The topological polar surface area (TPSA) is 41.6 Å². The van der Waals surface area contributed by atoms with Crippen molar-refractivity contribution in [2.45, 2.75) is 40.0 Å². The molecule has 1 N–H and O–H groups in total. The minimum atomic E-state index is 0. The standard InChI is InChI=1S/C10H12N3.C3H7.W/c1-10(2,3)9-4-7-5-12-13-8(7)6-11-9;1-3-2;/h4-5H,1-3H3,(H,12,13);3H,1-2H3;/q2*-1;+2. The van der Waals surface area contributed by atoms with Crippen LogP contribution in [0.5, 0.6) is 0 Å². The minimum absolute atomic E-state index is 0. The van der Waals surface area contributed by atoms with Crippen molar-refractivity contribution in [3.05, 3.63) is 30.6 Å². The van der Waals surface area contributed by atoms with E-state index in [1.165, 1.54) is 0 Å². The van der Waals surface area contributed by atoms with Crippen LogP contribution in [0.15, 0.2) is 12.3 Å². The molecule has 0 spiro atoms. The van der Waals surface area contributed by atoms with Crippen molar-refractivity contribution in [1.29, 1.82) is 0 Å². The van der Waals surface area contributed by atoms with Gasteiger partial charge in [-0.1, -0.05) is 38.0 Å². The van der Waals surface area contributed by atoms with Gasteiger partial charge in [-0.25, -0.2) is 0 Å². The molecule has 4 heteroatoms. The van der Waals surface area contributed by atoms with Crippen molar-refractivity contribution < 1.29 is 21.1 Å². The second kappa shape index (κ2) is 6.90. The summed E-state index contributed by atoms with van der Waals surface area (Å²) >= 11 is 0. The molecule has 0 fully saturated rings. The summed E-state index contributed by atoms with van der Waals surface area (Å²) in [5, 5.41) is 7.83. The van der Waals surface area contributed by atoms with Gasteiger partial charge in [0.05, 0.1) is 0 Å². The van der Waals surface area contributed by atoms with Crippen LogP contribution in [-0.4, -0.2) is 15.2 Å². The van der Waals surface area contributed by atoms with Gasteiger partial charge in [-0.15, -0.1) is 6.07 Å². The number of pyridine rings is 1. The summed E-state index contributed by atoms with van der Waals surface area (Å²) in [6.45, 7) is 10.4. The van der Waals surface area contributed by atoms with Gasteiger partial charge in [-0.05, 0) is 10.9 Å². The van der Waals surface area contributed by atoms with Crippen LogP contribution in [0.3, 0.4) is 0 Å². The molecule has 17 heavy (non-hydrogen) atoms. The number of rotatable bonds is 0. The predicted molar refractivity (Wildman–Crippen MR) is 67.1 cm³/mol. The number of nitrogens with one attached hydrogen (secondary N) is 1. The fourth-order valence-corrected chi connectivity index (χ4v) is 1.17. The van der Waals surface area contributed by atoms with E-state index in [0.717, 1.165) is 16.6 Å². The number of aromatic amines is 1. The average Bonchev–Trinajstić information content (AvgIpc) is 2.63. The van der Waals surface area contributed by atoms with Crippen LogP contribution in [0.2, 0.25) is 0 Å². The molecule has 0 aliphatic rings. The Bertz CT molecular complexity index is 443. The van der Waals surface area contributed by atoms with E-state index < -0.39 is 0 Å². The SMILES string of the molecule is CC(C)(C)c1cc2cn[nH]c2[c-]n1.C[CH-]C.[W+2]. The van der Waals surface area contributed by atoms with E-state index in [1.54, 1.807) is 6.20 Å². The van der Waals surface area contributed by atoms with Crippen LogP contribution in [0.25, 0.3) is 10.9 Å². The number of H-pyrrole nitrogens is 1. The van der Waals surface area contributed by atoms with E-state index >= 15 is 0 Å². The van der Waals surface area contributed by atoms with Crippen molar-refractivity contribution in [3.63, 3.8) is 0 Å². The summed E-state index contributed by atoms with van der Waals surface area (Å²) in [5.41, 5.74) is 1.98. The van der Waals surface area contributed by atoms with Gasteiger partial charge in [0.25, 0.3) is 0 Å². The maximum absolute atomic E-state index is 4.25. The number of hydrogen-bond acceptors (Lipinski definition) is 2. The monoisotopic (exact) mass is 401 g/mol. The van der Waals surface area contributed by atoms with Crippen molar-refractivity contribution in [3.8, 4) is 0 Å². The molecule has 0 saturated carbocycles. The van der Waals surface area contributed by atoms with Crippen molar-refractivity contribution in [2.75, 3.05) is 0 Å². The summed E-state index contributed by atoms with van der Waals surface area (Å²) < 4.78 is 0. The van der Waals surface area contributed by atoms with E-state index in [2.05, 4.69) is 48.2 Å². The third-order valence-electron chi connectivity index (χ3n) is 2.02. The van der Waals surface area contributed by atoms with Crippen LogP contribution in [0.1, 0.15) is 40.3 Å². The van der Waals surface area contributed by atoms with E-state index in [9.17, 15) is 0 Å². The van der Waals surface area contributed by atoms with E-state index in [0.29, 0.717) is 0 Å². The third-order valence-corrected chi connectivity index (χ3v) is 2.02. The van der Waals surface area contributed by atoms with Gasteiger partial charge in [0, 0.05) is 6.20 Å². The van der Waals surface area contributed by atoms with Crippen molar-refractivity contribution >= 4 is 10.9 Å². The Morgan fingerprint density at radius 2 is 1.88 bits per heavy atom. The Morgan fingerprint density at radius 1 is 1.29 bits per heavy atom. The number of hydrogen-bond donors (Lipinski definition) is 1. The summed E-state index contributed by atoms with van der Waals surface area (Å²) in [5.74, 6) is 0. The second-order valence-corrected chi connectivity index (χ2v) is 4.78. The van der Waals surface area contributed by atoms with Gasteiger partial charge in [0.15, 0.2) is 0 Å². The smallest absolute Gasteiger partial charge is 0.388 e. The second-order valence-electron chi connectivity index (χ2n) is 4.78. The molecule has 0 saturated heterocycles. The van der Waals surface area contributed by atoms with Crippen LogP contribution in [0.4, 0.5) is 0 Å². The predicted octanol–water partition coefficient (Wildman–Crippen LogP) is 3.28. The molecule has 3 nitrogen and oxygen atoms in total. The van der Waals surface area contributed by atoms with Gasteiger partial charge in [-0.2, -0.15) is 18.9 Å². The number of fused-ring (bicyclic) bond motifs is 1. The van der Waals surface area contributed by atoms with Gasteiger partial charge in [0.2, 0.25) is 0 Å². The summed E-state index contributed by atoms with van der Waals surface area (Å²) in [6, 6.07) is 2.05. The van der Waals surface area contributed by atoms with E-state index in [1.807, 2.05) is 20.3 Å². The first-order chi connectivity index (χ1) is 7.49. The Labute approximate surface area is 118 Å². The molecule has 92 valence electrons. The Morgan fingerprint density at radius 3 is 2.41 bits per heavy atom. The van der Waals surface area contributed by atoms with Crippen molar-refractivity contribution in [1.82, 2.24) is 15.2 Å². The zero-order chi connectivity index (χ0) is 12.2. The van der Waals surface area contributed by atoms with Crippen molar-refractivity contribution in [2.24, 2.45) is 0 Å². The maximum atomic E-state index is 4.25. The molecule has 0 aliphatic heterocycles. The Hall–Kier alpha value is -0.692. The first kappa shape index (κ1) is 16.3. The molecule has 0 amide bonds. The molecular weight excluding hydrogens is 382 g/mol. The Balaban J connectivity index is 0.000000583. The van der Waals surface area contributed by atoms with Crippen LogP contribution in [-0.2, 0) is 26.5 Å². The number of nitrogens with zero attached hydrogens (tertiary/aromatic N) is 2. The minimum Gasteiger partial charge on any atom is -0.388 e. The Kier molecular flexibility index (Phi) is 6.62. The molecule has 0 bridgehead atoms. The summed E-state index contributed by atoms with van der Waals surface area (Å²) in [7, 11) is 0. The molecule has 0 unspecified atom stereocenters. The van der Waals surface area contributed by atoms with E-state index in [-0.39, 0.29) is 26.5 Å². The molecule has 0 aromatic carbocycles. The largest absolute Gasteiger partial charge is 2.00 e. The van der Waals surface area contributed by atoms with Gasteiger partial charge in [0.1, 0.15) is 0 Å². The quantitative estimate of drug-likeness (QED) is 0.689. The molecule has 2 rings (SSSR count). The zero-order valence-electron chi connectivity index (χ0n) is 11.0. The maximum Gasteiger partial charge on any atom is 2.00 e. The van der Waals surface area contributed by atoms with Gasteiger partial charge in [-0.3, -0.25) is 0 Å². The van der Waals surface area contributed by atoms with Crippen LogP contribution >= 0.6 is 0 Å². The first-order valence-corrected chi connectivity index (χ1v) is 5.45. The molecule has 2 heterocycles. The van der Waals surface area contributed by atoms with Crippen LogP contribution < -0.4 is 0 Å². The fourth-order valence-electron chi connectivity index (χ4n) is 1.17. The van der Waals surface area contributed by atoms with Crippen LogP contribution in [0, 0.1) is 12.6 Å². The first-order valence-electron chi connectivity index (χ1n) is 5.45. The average molecular weight is 401 g/mol. The third kappa shape index (κ3) is 4.59. The fraction of sp³-hybridized carbons (Fsp3) is 0.462. The molecular formula is C13H19N3W. The normalized spacial score (nSPS) is 10.4. The molecule has 2 aromatic rings. The van der Waals surface area contributed by atoms with Gasteiger partial charge >= 0.3 is 21.1 Å². The summed E-state index contributed by atoms with van der Waals surface area (Å²) in [6.07, 6.45) is 6.73. The zero-order valence-corrected chi connectivity index (χ0v) is 14.0. The number of aromatic nitrogens is 3. The van der Waals surface area contributed by atoms with E-state index in [4.69, 9.17) is 0 Å². The molecule has 0 aliphatic carbocycles. The van der Waals surface area contributed by atoms with Gasteiger partial charge < -0.3 is 16.5 Å².